The van der Waals surface area contributed by atoms with Crippen LogP contribution in [-0.4, -0.2) is 19.7 Å². The summed E-state index contributed by atoms with van der Waals surface area (Å²) in [7, 11) is 1.72. The van der Waals surface area contributed by atoms with Crippen LogP contribution in [0.25, 0.3) is 0 Å². The molecule has 3 atom stereocenters. The molecule has 21 heavy (non-hydrogen) atoms. The third kappa shape index (κ3) is 2.38. The van der Waals surface area contributed by atoms with E-state index < -0.39 is 0 Å². The zero-order valence-electron chi connectivity index (χ0n) is 13.9. The maximum absolute atomic E-state index is 5.21. The van der Waals surface area contributed by atoms with Crippen molar-refractivity contribution in [1.29, 1.82) is 0 Å². The predicted octanol–water partition coefficient (Wildman–Crippen LogP) is 4.04. The molecule has 2 bridgehead atoms. The molecule has 3 rings (SSSR count). The van der Waals surface area contributed by atoms with Crippen LogP contribution in [-0.2, 0) is 6.42 Å². The van der Waals surface area contributed by atoms with E-state index in [2.05, 4.69) is 50.4 Å². The van der Waals surface area contributed by atoms with Crippen molar-refractivity contribution >= 4 is 0 Å². The Hall–Kier alpha value is -1.02. The molecule has 2 heteroatoms. The highest BCUT2D eigenvalue weighted by Gasteiger charge is 2.60. The lowest BCUT2D eigenvalue weighted by molar-refractivity contribution is 0.121. The van der Waals surface area contributed by atoms with Gasteiger partial charge in [0.1, 0.15) is 5.75 Å². The van der Waals surface area contributed by atoms with Gasteiger partial charge in [-0.05, 0) is 66.7 Å². The number of methoxy groups -OCH3 is 1. The molecule has 1 aromatic carbocycles. The minimum absolute atomic E-state index is 0.484. The van der Waals surface area contributed by atoms with Gasteiger partial charge in [0.15, 0.2) is 0 Å². The summed E-state index contributed by atoms with van der Waals surface area (Å²) in [4.78, 5) is 0. The Kier molecular flexibility index (Phi) is 3.77. The van der Waals surface area contributed by atoms with E-state index in [1.807, 2.05) is 0 Å². The summed E-state index contributed by atoms with van der Waals surface area (Å²) in [5.41, 5.74) is 2.37. The standard InChI is InChI=1S/C19H29NO/c1-18(2)15-9-11-19(18,3)17(13-15)20-12-10-14-5-7-16(21-4)8-6-14/h5-8,15,17,20H,9-13H2,1-4H3. The molecule has 2 fully saturated rings. The molecule has 2 aliphatic carbocycles. The van der Waals surface area contributed by atoms with E-state index in [9.17, 15) is 0 Å². The number of ether oxygens (including phenoxy) is 1. The molecule has 116 valence electrons. The number of nitrogens with one attached hydrogen (secondary N) is 1. The molecule has 1 aromatic rings. The fourth-order valence-electron chi connectivity index (χ4n) is 4.70. The number of hydrogen-bond donors (Lipinski definition) is 1. The Morgan fingerprint density at radius 3 is 2.43 bits per heavy atom. The Labute approximate surface area is 129 Å². The molecule has 0 spiro atoms. The monoisotopic (exact) mass is 287 g/mol. The maximum Gasteiger partial charge on any atom is 0.118 e. The van der Waals surface area contributed by atoms with E-state index in [-0.39, 0.29) is 0 Å². The van der Waals surface area contributed by atoms with Crippen molar-refractivity contribution in [2.75, 3.05) is 13.7 Å². The lowest BCUT2D eigenvalue weighted by atomic mass is 9.69. The van der Waals surface area contributed by atoms with Gasteiger partial charge in [0, 0.05) is 6.04 Å². The summed E-state index contributed by atoms with van der Waals surface area (Å²) in [6, 6.07) is 9.15. The van der Waals surface area contributed by atoms with Crippen molar-refractivity contribution in [3.8, 4) is 5.75 Å². The largest absolute Gasteiger partial charge is 0.497 e. The summed E-state index contributed by atoms with van der Waals surface area (Å²) < 4.78 is 5.21. The molecule has 2 saturated carbocycles. The summed E-state index contributed by atoms with van der Waals surface area (Å²) in [6.07, 6.45) is 5.29. The first-order valence-electron chi connectivity index (χ1n) is 8.34. The fraction of sp³-hybridized carbons (Fsp3) is 0.684. The minimum atomic E-state index is 0.484. The first kappa shape index (κ1) is 14.9. The van der Waals surface area contributed by atoms with Gasteiger partial charge in [0.05, 0.1) is 7.11 Å². The summed E-state index contributed by atoms with van der Waals surface area (Å²) in [5.74, 6) is 1.86. The van der Waals surface area contributed by atoms with Gasteiger partial charge in [-0.1, -0.05) is 32.9 Å². The highest BCUT2D eigenvalue weighted by molar-refractivity contribution is 5.27. The molecular formula is C19H29NO. The van der Waals surface area contributed by atoms with Crippen LogP contribution >= 0.6 is 0 Å². The van der Waals surface area contributed by atoms with Gasteiger partial charge < -0.3 is 10.1 Å². The van der Waals surface area contributed by atoms with E-state index in [1.54, 1.807) is 7.11 Å². The molecule has 0 amide bonds. The minimum Gasteiger partial charge on any atom is -0.497 e. The van der Waals surface area contributed by atoms with Crippen LogP contribution in [0.3, 0.4) is 0 Å². The van der Waals surface area contributed by atoms with E-state index in [0.717, 1.165) is 24.6 Å². The van der Waals surface area contributed by atoms with Gasteiger partial charge in [-0.3, -0.25) is 0 Å². The van der Waals surface area contributed by atoms with Crippen molar-refractivity contribution in [3.63, 3.8) is 0 Å². The fourth-order valence-corrected chi connectivity index (χ4v) is 4.70. The normalized spacial score (nSPS) is 33.3. The SMILES string of the molecule is COc1ccc(CCNC2CC3CCC2(C)C3(C)C)cc1. The summed E-state index contributed by atoms with van der Waals surface area (Å²) in [6.45, 7) is 8.55. The van der Waals surface area contributed by atoms with Gasteiger partial charge in [0.25, 0.3) is 0 Å². The van der Waals surface area contributed by atoms with Crippen LogP contribution in [0, 0.1) is 16.7 Å². The van der Waals surface area contributed by atoms with Gasteiger partial charge >= 0.3 is 0 Å². The second kappa shape index (κ2) is 5.31. The van der Waals surface area contributed by atoms with Crippen LogP contribution in [0.5, 0.6) is 5.75 Å². The van der Waals surface area contributed by atoms with Gasteiger partial charge in [-0.25, -0.2) is 0 Å². The number of hydrogen-bond acceptors (Lipinski definition) is 2. The van der Waals surface area contributed by atoms with Crippen molar-refractivity contribution in [1.82, 2.24) is 5.32 Å². The average molecular weight is 287 g/mol. The first-order chi connectivity index (χ1) is 9.97. The maximum atomic E-state index is 5.21. The van der Waals surface area contributed by atoms with E-state index >= 15 is 0 Å². The van der Waals surface area contributed by atoms with E-state index in [0.29, 0.717) is 16.9 Å². The predicted molar refractivity (Wildman–Crippen MR) is 87.7 cm³/mol. The van der Waals surface area contributed by atoms with Crippen LogP contribution in [0.4, 0.5) is 0 Å². The molecular weight excluding hydrogens is 258 g/mol. The third-order valence-electron chi connectivity index (χ3n) is 6.76. The Balaban J connectivity index is 1.54. The highest BCUT2D eigenvalue weighted by Crippen LogP contribution is 2.65. The molecule has 0 heterocycles. The lowest BCUT2D eigenvalue weighted by Gasteiger charge is -2.39. The van der Waals surface area contributed by atoms with Gasteiger partial charge in [-0.15, -0.1) is 0 Å². The molecule has 0 saturated heterocycles. The number of benzene rings is 1. The van der Waals surface area contributed by atoms with E-state index in [4.69, 9.17) is 4.74 Å². The highest BCUT2D eigenvalue weighted by atomic mass is 16.5. The van der Waals surface area contributed by atoms with Crippen molar-refractivity contribution in [3.05, 3.63) is 29.8 Å². The van der Waals surface area contributed by atoms with Crippen molar-refractivity contribution in [2.45, 2.75) is 52.5 Å². The zero-order chi connectivity index (χ0) is 15.1. The van der Waals surface area contributed by atoms with Crippen LogP contribution in [0.2, 0.25) is 0 Å². The molecule has 2 aliphatic rings. The number of rotatable bonds is 5. The quantitative estimate of drug-likeness (QED) is 0.882. The molecule has 3 unspecified atom stereocenters. The van der Waals surface area contributed by atoms with Gasteiger partial charge in [0.2, 0.25) is 0 Å². The molecule has 0 aliphatic heterocycles. The second-order valence-electron chi connectivity index (χ2n) is 7.72. The Morgan fingerprint density at radius 1 is 1.19 bits per heavy atom. The summed E-state index contributed by atoms with van der Waals surface area (Å²) >= 11 is 0. The molecule has 2 nitrogen and oxygen atoms in total. The lowest BCUT2D eigenvalue weighted by Crippen LogP contribution is -2.45. The van der Waals surface area contributed by atoms with Crippen LogP contribution in [0.15, 0.2) is 24.3 Å². The molecule has 0 aromatic heterocycles. The van der Waals surface area contributed by atoms with Gasteiger partial charge in [-0.2, -0.15) is 0 Å². The smallest absolute Gasteiger partial charge is 0.118 e. The first-order valence-corrected chi connectivity index (χ1v) is 8.34. The summed E-state index contributed by atoms with van der Waals surface area (Å²) in [5, 5.41) is 3.85. The Bertz CT molecular complexity index is 493. The number of fused-ring (bicyclic) bond motifs is 2. The van der Waals surface area contributed by atoms with E-state index in [1.165, 1.54) is 24.8 Å². The third-order valence-corrected chi connectivity index (χ3v) is 6.76. The zero-order valence-corrected chi connectivity index (χ0v) is 13.9. The Morgan fingerprint density at radius 2 is 1.90 bits per heavy atom. The topological polar surface area (TPSA) is 21.3 Å². The second-order valence-corrected chi connectivity index (χ2v) is 7.72. The average Bonchev–Trinajstić information content (AvgIpc) is 2.81. The van der Waals surface area contributed by atoms with Crippen LogP contribution in [0.1, 0.15) is 45.6 Å². The van der Waals surface area contributed by atoms with Crippen molar-refractivity contribution in [2.24, 2.45) is 16.7 Å². The van der Waals surface area contributed by atoms with Crippen molar-refractivity contribution < 1.29 is 4.74 Å². The van der Waals surface area contributed by atoms with Crippen LogP contribution < -0.4 is 10.1 Å². The molecule has 1 N–H and O–H groups in total. The molecule has 0 radical (unpaired) electrons.